The van der Waals surface area contributed by atoms with E-state index < -0.39 is 65.4 Å². The summed E-state index contributed by atoms with van der Waals surface area (Å²) in [5, 5.41) is 9.73. The summed E-state index contributed by atoms with van der Waals surface area (Å²) < 4.78 is 29.6. The Morgan fingerprint density at radius 2 is 1.60 bits per heavy atom. The van der Waals surface area contributed by atoms with Gasteiger partial charge in [0.1, 0.15) is 23.4 Å². The first-order chi connectivity index (χ1) is 20.2. The van der Waals surface area contributed by atoms with Gasteiger partial charge in [0.05, 0.1) is 5.56 Å². The zero-order valence-electron chi connectivity index (χ0n) is 25.5. The Balaban J connectivity index is 1.95. The molecule has 0 amide bonds. The SMILES string of the molecule is C=C/C(C)=C/C[C@]1(C)[C@H](C)CC(OC(=O)c2ccc(O)cc2)[C@@]23C(=C[C@H](OC(C)=O)C[C@@H]12)[C@@H](OC(C)=O)O[C@H]3OC(C)=O. The molecule has 2 fully saturated rings. The molecule has 43 heavy (non-hydrogen) atoms. The molecule has 10 heteroatoms. The van der Waals surface area contributed by atoms with E-state index in [1.165, 1.54) is 45.0 Å². The van der Waals surface area contributed by atoms with Crippen molar-refractivity contribution < 1.29 is 48.0 Å². The number of hydrogen-bond acceptors (Lipinski definition) is 10. The van der Waals surface area contributed by atoms with Crippen LogP contribution in [0, 0.1) is 22.7 Å². The molecule has 3 aliphatic rings. The molecule has 10 nitrogen and oxygen atoms in total. The van der Waals surface area contributed by atoms with Crippen LogP contribution in [-0.2, 0) is 38.1 Å². The molecule has 1 saturated heterocycles. The van der Waals surface area contributed by atoms with E-state index in [4.69, 9.17) is 23.7 Å². The molecule has 1 heterocycles. The van der Waals surface area contributed by atoms with E-state index in [0.29, 0.717) is 24.8 Å². The molecule has 4 rings (SSSR count). The van der Waals surface area contributed by atoms with Gasteiger partial charge in [0, 0.05) is 26.3 Å². The lowest BCUT2D eigenvalue weighted by Gasteiger charge is -2.60. The normalized spacial score (nSPS) is 33.3. The maximum atomic E-state index is 13.6. The number of esters is 4. The van der Waals surface area contributed by atoms with Gasteiger partial charge in [-0.25, -0.2) is 4.79 Å². The number of hydrogen-bond donors (Lipinski definition) is 1. The summed E-state index contributed by atoms with van der Waals surface area (Å²) in [6.45, 7) is 13.8. The highest BCUT2D eigenvalue weighted by molar-refractivity contribution is 5.89. The highest BCUT2D eigenvalue weighted by atomic mass is 16.8. The van der Waals surface area contributed by atoms with Gasteiger partial charge in [-0.15, -0.1) is 0 Å². The van der Waals surface area contributed by atoms with Gasteiger partial charge in [-0.1, -0.05) is 38.2 Å². The first kappa shape index (κ1) is 32.0. The molecule has 1 aromatic rings. The minimum absolute atomic E-state index is 0.00233. The lowest BCUT2D eigenvalue weighted by atomic mass is 9.45. The number of phenolic OH excluding ortho intramolecular Hbond substituents is 1. The van der Waals surface area contributed by atoms with Crippen molar-refractivity contribution in [3.8, 4) is 5.75 Å². The Bertz CT molecular complexity index is 1340. The molecule has 1 aliphatic heterocycles. The highest BCUT2D eigenvalue weighted by Crippen LogP contribution is 2.68. The molecule has 8 atom stereocenters. The third-order valence-electron chi connectivity index (χ3n) is 9.22. The van der Waals surface area contributed by atoms with Gasteiger partial charge in [-0.2, -0.15) is 0 Å². The number of phenols is 1. The molecule has 1 saturated carbocycles. The Morgan fingerprint density at radius 1 is 0.977 bits per heavy atom. The number of rotatable bonds is 8. The van der Waals surface area contributed by atoms with Crippen molar-refractivity contribution in [1.29, 1.82) is 0 Å². The zero-order valence-corrected chi connectivity index (χ0v) is 25.5. The van der Waals surface area contributed by atoms with Crippen molar-refractivity contribution in [3.63, 3.8) is 0 Å². The Labute approximate surface area is 251 Å². The minimum Gasteiger partial charge on any atom is -0.508 e. The molecule has 0 bridgehead atoms. The van der Waals surface area contributed by atoms with Crippen molar-refractivity contribution in [1.82, 2.24) is 0 Å². The predicted molar refractivity (Wildman–Crippen MR) is 154 cm³/mol. The molecular weight excluding hydrogens is 556 g/mol. The summed E-state index contributed by atoms with van der Waals surface area (Å²) in [6.07, 6.45) is 2.64. The summed E-state index contributed by atoms with van der Waals surface area (Å²) in [5.41, 5.74) is -0.191. The van der Waals surface area contributed by atoms with Crippen molar-refractivity contribution in [2.24, 2.45) is 22.7 Å². The number of allylic oxidation sites excluding steroid dienone is 3. The largest absolute Gasteiger partial charge is 0.508 e. The summed E-state index contributed by atoms with van der Waals surface area (Å²) in [7, 11) is 0. The van der Waals surface area contributed by atoms with E-state index in [1.54, 1.807) is 12.2 Å². The fourth-order valence-electron chi connectivity index (χ4n) is 6.99. The highest BCUT2D eigenvalue weighted by Gasteiger charge is 2.72. The summed E-state index contributed by atoms with van der Waals surface area (Å²) in [4.78, 5) is 50.4. The van der Waals surface area contributed by atoms with Gasteiger partial charge in [0.25, 0.3) is 0 Å². The predicted octanol–water partition coefficient (Wildman–Crippen LogP) is 5.16. The summed E-state index contributed by atoms with van der Waals surface area (Å²) in [6, 6.07) is 5.69. The second-order valence-electron chi connectivity index (χ2n) is 11.9. The van der Waals surface area contributed by atoms with Crippen LogP contribution in [-0.4, -0.2) is 53.8 Å². The van der Waals surface area contributed by atoms with Gasteiger partial charge < -0.3 is 24.1 Å². The quantitative estimate of drug-likeness (QED) is 0.186. The fourth-order valence-corrected chi connectivity index (χ4v) is 6.99. The van der Waals surface area contributed by atoms with E-state index in [1.807, 2.05) is 6.92 Å². The Kier molecular flexibility index (Phi) is 9.20. The van der Waals surface area contributed by atoms with Crippen LogP contribution in [0.5, 0.6) is 5.75 Å². The van der Waals surface area contributed by atoms with E-state index in [9.17, 15) is 24.3 Å². The van der Waals surface area contributed by atoms with Gasteiger partial charge >= 0.3 is 23.9 Å². The average Bonchev–Trinajstić information content (AvgIpc) is 3.21. The lowest BCUT2D eigenvalue weighted by Crippen LogP contribution is -2.64. The fraction of sp³-hybridized carbons (Fsp3) is 0.515. The first-order valence-electron chi connectivity index (χ1n) is 14.4. The molecule has 1 unspecified atom stereocenters. The molecule has 0 radical (unpaired) electrons. The van der Waals surface area contributed by atoms with Gasteiger partial charge in [-0.05, 0) is 73.8 Å². The van der Waals surface area contributed by atoms with E-state index in [-0.39, 0.29) is 17.2 Å². The van der Waals surface area contributed by atoms with Crippen LogP contribution in [0.1, 0.15) is 71.2 Å². The van der Waals surface area contributed by atoms with Gasteiger partial charge in [0.2, 0.25) is 12.6 Å². The topological polar surface area (TPSA) is 135 Å². The van der Waals surface area contributed by atoms with Crippen LogP contribution < -0.4 is 0 Å². The third kappa shape index (κ3) is 6.11. The maximum Gasteiger partial charge on any atom is 0.338 e. The number of ether oxygens (including phenoxy) is 5. The van der Waals surface area contributed by atoms with E-state index >= 15 is 0 Å². The van der Waals surface area contributed by atoms with Crippen LogP contribution in [0.25, 0.3) is 0 Å². The monoisotopic (exact) mass is 596 g/mol. The minimum atomic E-state index is -1.29. The van der Waals surface area contributed by atoms with Crippen LogP contribution in [0.4, 0.5) is 0 Å². The number of carbonyl (C=O) groups excluding carboxylic acids is 4. The van der Waals surface area contributed by atoms with Gasteiger partial charge in [-0.3, -0.25) is 19.1 Å². The molecular formula is C33H40O10. The standard InChI is InChI=1S/C33H40O10/c1-8-18(2)13-14-32(7)19(3)15-28(42-29(38)23-9-11-24(37)12-10-23)33-26(16-25(17-27(32)33)39-20(4)34)30(40-21(5)35)43-31(33)41-22(6)36/h8-13,16,19,25,27-28,30-31,37H,1,14-15,17H2,2-7H3/b18-13+/t19-,25+,27+,28?,30+,31-,32-,33-/m1/s1. The summed E-state index contributed by atoms with van der Waals surface area (Å²) >= 11 is 0. The van der Waals surface area contributed by atoms with Crippen molar-refractivity contribution >= 4 is 23.9 Å². The molecule has 2 aliphatic carbocycles. The molecule has 232 valence electrons. The molecule has 1 aromatic carbocycles. The number of aromatic hydroxyl groups is 1. The second kappa shape index (κ2) is 12.4. The number of benzene rings is 1. The number of carbonyl (C=O) groups is 4. The van der Waals surface area contributed by atoms with E-state index in [2.05, 4.69) is 26.5 Å². The molecule has 1 spiro atoms. The van der Waals surface area contributed by atoms with E-state index in [0.717, 1.165) is 5.57 Å². The van der Waals surface area contributed by atoms with Crippen molar-refractivity contribution in [3.05, 3.63) is 65.8 Å². The summed E-state index contributed by atoms with van der Waals surface area (Å²) in [5.74, 6) is -2.88. The average molecular weight is 597 g/mol. The zero-order chi connectivity index (χ0) is 31.7. The van der Waals surface area contributed by atoms with Gasteiger partial charge in [0.15, 0.2) is 0 Å². The molecule has 1 N–H and O–H groups in total. The van der Waals surface area contributed by atoms with Crippen LogP contribution in [0.15, 0.2) is 60.2 Å². The smallest absolute Gasteiger partial charge is 0.338 e. The Hall–Kier alpha value is -3.92. The van der Waals surface area contributed by atoms with Crippen molar-refractivity contribution in [2.75, 3.05) is 0 Å². The first-order valence-corrected chi connectivity index (χ1v) is 14.4. The van der Waals surface area contributed by atoms with Crippen LogP contribution in [0.2, 0.25) is 0 Å². The molecule has 0 aromatic heterocycles. The Morgan fingerprint density at radius 3 is 2.19 bits per heavy atom. The second-order valence-corrected chi connectivity index (χ2v) is 11.9. The maximum absolute atomic E-state index is 13.6. The van der Waals surface area contributed by atoms with Crippen molar-refractivity contribution in [2.45, 2.75) is 85.6 Å². The third-order valence-corrected chi connectivity index (χ3v) is 9.22. The van der Waals surface area contributed by atoms with Crippen LogP contribution >= 0.6 is 0 Å². The lowest BCUT2D eigenvalue weighted by molar-refractivity contribution is -0.253. The van der Waals surface area contributed by atoms with Crippen LogP contribution in [0.3, 0.4) is 0 Å².